The first kappa shape index (κ1) is 10.4. The van der Waals surface area contributed by atoms with E-state index in [9.17, 15) is 0 Å². The molecule has 3 rings (SSSR count). The maximum Gasteiger partial charge on any atom is 0.143 e. The maximum absolute atomic E-state index is 6.08. The van der Waals surface area contributed by atoms with Crippen molar-refractivity contribution in [3.63, 3.8) is 0 Å². The van der Waals surface area contributed by atoms with Crippen LogP contribution in [0.4, 0.5) is 0 Å². The number of nitrogens with zero attached hydrogens (tertiary/aromatic N) is 2. The minimum Gasteiger partial charge on any atom is -0.488 e. The Balaban J connectivity index is 1.88. The molecule has 0 unspecified atom stereocenters. The summed E-state index contributed by atoms with van der Waals surface area (Å²) in [4.78, 5) is 4.08. The summed E-state index contributed by atoms with van der Waals surface area (Å²) < 4.78 is 8.07. The highest BCUT2D eigenvalue weighted by Gasteiger charge is 2.17. The van der Waals surface area contributed by atoms with Crippen molar-refractivity contribution in [2.45, 2.75) is 31.8 Å². The van der Waals surface area contributed by atoms with Crippen LogP contribution in [-0.4, -0.2) is 15.7 Å². The van der Waals surface area contributed by atoms with Crippen LogP contribution in [0.15, 0.2) is 43.0 Å². The molecule has 2 aromatic rings. The van der Waals surface area contributed by atoms with Gasteiger partial charge in [-0.1, -0.05) is 12.1 Å². The molecule has 0 amide bonds. The van der Waals surface area contributed by atoms with Crippen molar-refractivity contribution in [1.82, 2.24) is 9.55 Å². The molecule has 17 heavy (non-hydrogen) atoms. The third-order valence-corrected chi connectivity index (χ3v) is 3.24. The lowest BCUT2D eigenvalue weighted by molar-refractivity contribution is 0.209. The van der Waals surface area contributed by atoms with Crippen LogP contribution < -0.4 is 4.74 Å². The summed E-state index contributed by atoms with van der Waals surface area (Å²) in [5, 5.41) is 0. The summed E-state index contributed by atoms with van der Waals surface area (Å²) in [6, 6.07) is 8.14. The molecule has 3 heteroatoms. The van der Waals surface area contributed by atoms with Gasteiger partial charge in [0.25, 0.3) is 0 Å². The standard InChI is InChI=1S/C14H16N2O/c1-2-6-12(5-1)17-14-8-4-3-7-13(14)16-10-9-15-11-16/h3-4,7-12H,1-2,5-6H2. The molecular weight excluding hydrogens is 212 g/mol. The van der Waals surface area contributed by atoms with Gasteiger partial charge in [-0.25, -0.2) is 4.98 Å². The number of benzene rings is 1. The second-order valence-corrected chi connectivity index (χ2v) is 4.46. The number of hydrogen-bond donors (Lipinski definition) is 0. The Morgan fingerprint density at radius 3 is 2.76 bits per heavy atom. The Morgan fingerprint density at radius 2 is 2.00 bits per heavy atom. The lowest BCUT2D eigenvalue weighted by Gasteiger charge is -2.16. The summed E-state index contributed by atoms with van der Waals surface area (Å²) in [6.45, 7) is 0. The smallest absolute Gasteiger partial charge is 0.143 e. The molecule has 1 aliphatic carbocycles. The molecule has 1 aromatic heterocycles. The predicted octanol–water partition coefficient (Wildman–Crippen LogP) is 3.19. The van der Waals surface area contributed by atoms with Gasteiger partial charge in [0.15, 0.2) is 0 Å². The average molecular weight is 228 g/mol. The largest absolute Gasteiger partial charge is 0.488 e. The van der Waals surface area contributed by atoms with E-state index in [4.69, 9.17) is 4.74 Å². The summed E-state index contributed by atoms with van der Waals surface area (Å²) in [5.41, 5.74) is 1.07. The number of para-hydroxylation sites is 2. The fourth-order valence-corrected chi connectivity index (χ4v) is 2.36. The van der Waals surface area contributed by atoms with Gasteiger partial charge in [0, 0.05) is 12.4 Å². The maximum atomic E-state index is 6.08. The highest BCUT2D eigenvalue weighted by Crippen LogP contribution is 2.28. The van der Waals surface area contributed by atoms with Crippen molar-refractivity contribution in [2.24, 2.45) is 0 Å². The van der Waals surface area contributed by atoms with Gasteiger partial charge in [-0.15, -0.1) is 0 Å². The van der Waals surface area contributed by atoms with Crippen LogP contribution in [0.3, 0.4) is 0 Å². The fraction of sp³-hybridized carbons (Fsp3) is 0.357. The lowest BCUT2D eigenvalue weighted by atomic mass is 10.2. The number of aromatic nitrogens is 2. The van der Waals surface area contributed by atoms with Gasteiger partial charge in [0.2, 0.25) is 0 Å². The van der Waals surface area contributed by atoms with Gasteiger partial charge >= 0.3 is 0 Å². The summed E-state index contributed by atoms with van der Waals surface area (Å²) in [6.07, 6.45) is 10.9. The first-order valence-electron chi connectivity index (χ1n) is 6.17. The molecule has 0 bridgehead atoms. The summed E-state index contributed by atoms with van der Waals surface area (Å²) in [7, 11) is 0. The monoisotopic (exact) mass is 228 g/mol. The zero-order valence-electron chi connectivity index (χ0n) is 9.75. The molecule has 0 N–H and O–H groups in total. The normalized spacial score (nSPS) is 16.2. The molecule has 0 aliphatic heterocycles. The third-order valence-electron chi connectivity index (χ3n) is 3.24. The van der Waals surface area contributed by atoms with Crippen molar-refractivity contribution < 1.29 is 4.74 Å². The van der Waals surface area contributed by atoms with Gasteiger partial charge in [-0.2, -0.15) is 0 Å². The SMILES string of the molecule is c1ccc(-n2ccnc2)c(OC2CCCC2)c1. The molecule has 1 aliphatic rings. The first-order valence-corrected chi connectivity index (χ1v) is 6.17. The third kappa shape index (κ3) is 2.18. The van der Waals surface area contributed by atoms with Crippen LogP contribution in [0.1, 0.15) is 25.7 Å². The molecule has 0 radical (unpaired) electrons. The molecule has 88 valence electrons. The second-order valence-electron chi connectivity index (χ2n) is 4.46. The summed E-state index contributed by atoms with van der Waals surface area (Å²) in [5.74, 6) is 0.956. The van der Waals surface area contributed by atoms with Crippen molar-refractivity contribution in [3.05, 3.63) is 43.0 Å². The highest BCUT2D eigenvalue weighted by atomic mass is 16.5. The van der Waals surface area contributed by atoms with E-state index in [1.54, 1.807) is 12.5 Å². The zero-order chi connectivity index (χ0) is 11.5. The molecule has 1 saturated carbocycles. The molecule has 3 nitrogen and oxygen atoms in total. The van der Waals surface area contributed by atoms with Crippen LogP contribution >= 0.6 is 0 Å². The van der Waals surface area contributed by atoms with E-state index in [0.29, 0.717) is 6.10 Å². The Labute approximate surface area is 101 Å². The van der Waals surface area contributed by atoms with Gasteiger partial charge in [-0.05, 0) is 37.8 Å². The van der Waals surface area contributed by atoms with E-state index in [-0.39, 0.29) is 0 Å². The second kappa shape index (κ2) is 4.62. The molecular formula is C14H16N2O. The van der Waals surface area contributed by atoms with Crippen molar-refractivity contribution >= 4 is 0 Å². The van der Waals surface area contributed by atoms with E-state index < -0.39 is 0 Å². The Hall–Kier alpha value is -1.77. The summed E-state index contributed by atoms with van der Waals surface area (Å²) >= 11 is 0. The predicted molar refractivity (Wildman–Crippen MR) is 66.4 cm³/mol. The van der Waals surface area contributed by atoms with Crippen molar-refractivity contribution in [3.8, 4) is 11.4 Å². The van der Waals surface area contributed by atoms with Gasteiger partial charge in [-0.3, -0.25) is 0 Å². The van der Waals surface area contributed by atoms with Crippen LogP contribution in [-0.2, 0) is 0 Å². The van der Waals surface area contributed by atoms with Crippen LogP contribution in [0.5, 0.6) is 5.75 Å². The molecule has 0 saturated heterocycles. The number of hydrogen-bond acceptors (Lipinski definition) is 2. The zero-order valence-corrected chi connectivity index (χ0v) is 9.75. The Morgan fingerprint density at radius 1 is 1.18 bits per heavy atom. The van der Waals surface area contributed by atoms with E-state index in [1.165, 1.54) is 25.7 Å². The highest BCUT2D eigenvalue weighted by molar-refractivity contribution is 5.46. The number of ether oxygens (including phenoxy) is 1. The van der Waals surface area contributed by atoms with E-state index in [0.717, 1.165) is 11.4 Å². The number of rotatable bonds is 3. The van der Waals surface area contributed by atoms with Gasteiger partial charge in [0.05, 0.1) is 18.1 Å². The fourth-order valence-electron chi connectivity index (χ4n) is 2.36. The van der Waals surface area contributed by atoms with Crippen LogP contribution in [0.25, 0.3) is 5.69 Å². The Bertz CT molecular complexity index is 473. The topological polar surface area (TPSA) is 27.1 Å². The lowest BCUT2D eigenvalue weighted by Crippen LogP contribution is -2.12. The van der Waals surface area contributed by atoms with E-state index in [1.807, 2.05) is 29.0 Å². The Kier molecular flexibility index (Phi) is 2.82. The van der Waals surface area contributed by atoms with Crippen molar-refractivity contribution in [1.29, 1.82) is 0 Å². The molecule has 1 aromatic carbocycles. The van der Waals surface area contributed by atoms with Crippen LogP contribution in [0.2, 0.25) is 0 Å². The van der Waals surface area contributed by atoms with E-state index in [2.05, 4.69) is 11.1 Å². The van der Waals surface area contributed by atoms with Gasteiger partial charge in [0.1, 0.15) is 5.75 Å². The molecule has 1 heterocycles. The molecule has 1 fully saturated rings. The number of imidazole rings is 1. The van der Waals surface area contributed by atoms with E-state index >= 15 is 0 Å². The molecule has 0 atom stereocenters. The first-order chi connectivity index (χ1) is 8.43. The van der Waals surface area contributed by atoms with Crippen molar-refractivity contribution in [2.75, 3.05) is 0 Å². The quantitative estimate of drug-likeness (QED) is 0.806. The average Bonchev–Trinajstić information content (AvgIpc) is 3.01. The minimum absolute atomic E-state index is 0.389. The van der Waals surface area contributed by atoms with Gasteiger partial charge < -0.3 is 9.30 Å². The molecule has 0 spiro atoms. The van der Waals surface area contributed by atoms with Crippen LogP contribution in [0, 0.1) is 0 Å². The minimum atomic E-state index is 0.389.